The van der Waals surface area contributed by atoms with Gasteiger partial charge in [0.25, 0.3) is 5.91 Å². The van der Waals surface area contributed by atoms with Gasteiger partial charge in [-0.25, -0.2) is 0 Å². The molecule has 354 valence electrons. The van der Waals surface area contributed by atoms with Crippen molar-refractivity contribution in [2.75, 3.05) is 97.4 Å². The molecule has 22 heteroatoms. The Hall–Kier alpha value is -5.29. The van der Waals surface area contributed by atoms with Gasteiger partial charge in [-0.1, -0.05) is 18.6 Å². The normalized spacial score (nSPS) is 17.8. The molecule has 0 bridgehead atoms. The van der Waals surface area contributed by atoms with Crippen molar-refractivity contribution < 1.29 is 63.6 Å². The molecule has 1 aromatic carbocycles. The highest BCUT2D eigenvalue weighted by molar-refractivity contribution is 8.00. The van der Waals surface area contributed by atoms with Gasteiger partial charge in [-0.05, 0) is 56.1 Å². The topological polar surface area (TPSA) is 299 Å². The molecule has 0 spiro atoms. The first kappa shape index (κ1) is 53.1. The quantitative estimate of drug-likeness (QED) is 0.0366. The first-order chi connectivity index (χ1) is 30.4. The molecule has 7 N–H and O–H groups in total. The van der Waals surface area contributed by atoms with Gasteiger partial charge in [0.05, 0.1) is 43.9 Å². The number of nitrogens with zero attached hydrogens (tertiary/aromatic N) is 5. The average molecular weight is 919 g/mol. The van der Waals surface area contributed by atoms with Crippen molar-refractivity contribution in [1.82, 2.24) is 35.1 Å². The van der Waals surface area contributed by atoms with Crippen LogP contribution in [0.4, 0.5) is 0 Å². The molecule has 21 nitrogen and oxygen atoms in total. The van der Waals surface area contributed by atoms with Gasteiger partial charge in [-0.3, -0.25) is 67.7 Å². The molecule has 2 fully saturated rings. The lowest BCUT2D eigenvalue weighted by atomic mass is 9.96. The van der Waals surface area contributed by atoms with Crippen molar-refractivity contribution in [3.63, 3.8) is 0 Å². The molecule has 1 unspecified atom stereocenters. The number of likely N-dealkylation sites (tertiary alicyclic amines) is 1. The summed E-state index contributed by atoms with van der Waals surface area (Å²) in [4.78, 5) is 119. The fraction of sp³-hybridized carbons (Fsp3) is 0.619. The van der Waals surface area contributed by atoms with E-state index in [1.807, 2.05) is 0 Å². The van der Waals surface area contributed by atoms with Crippen LogP contribution in [0.3, 0.4) is 0 Å². The van der Waals surface area contributed by atoms with Crippen LogP contribution in [0.15, 0.2) is 24.3 Å². The maximum Gasteiger partial charge on any atom is 0.317 e. The highest BCUT2D eigenvalue weighted by Crippen LogP contribution is 2.27. The summed E-state index contributed by atoms with van der Waals surface area (Å²) in [5, 5.41) is 50.4. The third kappa shape index (κ3) is 20.5. The van der Waals surface area contributed by atoms with E-state index < -0.39 is 53.3 Å². The van der Waals surface area contributed by atoms with Crippen molar-refractivity contribution in [2.45, 2.75) is 63.7 Å². The van der Waals surface area contributed by atoms with Gasteiger partial charge in [0.15, 0.2) is 5.78 Å². The lowest BCUT2D eigenvalue weighted by Crippen LogP contribution is -2.49. The van der Waals surface area contributed by atoms with E-state index in [0.717, 1.165) is 6.42 Å². The summed E-state index contributed by atoms with van der Waals surface area (Å²) in [5.41, 5.74) is 1.33. The maximum absolute atomic E-state index is 13.2. The van der Waals surface area contributed by atoms with Crippen LogP contribution in [-0.2, 0) is 44.9 Å². The summed E-state index contributed by atoms with van der Waals surface area (Å²) in [7, 11) is 0. The molecule has 0 aliphatic carbocycles. The highest BCUT2D eigenvalue weighted by Gasteiger charge is 2.38. The monoisotopic (exact) mass is 918 g/mol. The minimum absolute atomic E-state index is 0.0361. The molecule has 64 heavy (non-hydrogen) atoms. The Balaban J connectivity index is 1.47. The number of ketones is 1. The van der Waals surface area contributed by atoms with Gasteiger partial charge in [0.2, 0.25) is 17.7 Å². The zero-order valence-corrected chi connectivity index (χ0v) is 37.2. The molecule has 2 aliphatic rings. The number of carboxylic acids is 4. The molecule has 3 rings (SSSR count). The predicted molar refractivity (Wildman–Crippen MR) is 234 cm³/mol. The number of nitrogens with one attached hydrogen (secondary N) is 3. The first-order valence-corrected chi connectivity index (χ1v) is 22.4. The number of thioether (sulfide) groups is 1. The van der Waals surface area contributed by atoms with Gasteiger partial charge in [0, 0.05) is 89.6 Å². The molecule has 2 heterocycles. The molecule has 2 atom stereocenters. The van der Waals surface area contributed by atoms with Crippen molar-refractivity contribution in [2.24, 2.45) is 5.92 Å². The Bertz CT molecular complexity index is 1800. The van der Waals surface area contributed by atoms with Crippen molar-refractivity contribution in [3.05, 3.63) is 35.4 Å². The minimum Gasteiger partial charge on any atom is -0.481 e. The van der Waals surface area contributed by atoms with E-state index in [-0.39, 0.29) is 134 Å². The summed E-state index contributed by atoms with van der Waals surface area (Å²) < 4.78 is 0. The number of hydrogen-bond acceptors (Lipinski definition) is 15. The smallest absolute Gasteiger partial charge is 0.317 e. The van der Waals surface area contributed by atoms with E-state index in [1.165, 1.54) is 28.8 Å². The third-order valence-corrected chi connectivity index (χ3v) is 12.0. The van der Waals surface area contributed by atoms with Crippen LogP contribution >= 0.6 is 11.8 Å². The Morgan fingerprint density at radius 3 is 1.83 bits per heavy atom. The number of aliphatic carboxylic acids is 4. The zero-order valence-electron chi connectivity index (χ0n) is 36.3. The summed E-state index contributed by atoms with van der Waals surface area (Å²) in [5.74, 6) is -6.70. The number of hydrogen-bond donors (Lipinski definition) is 7. The van der Waals surface area contributed by atoms with Crippen LogP contribution in [0.25, 0.3) is 0 Å². The Labute approximate surface area is 376 Å². The zero-order chi connectivity index (χ0) is 47.2. The molecular formula is C42H62N8O13S. The number of unbranched alkanes of at least 4 members (excludes halogenated alkanes) is 1. The second-order valence-electron chi connectivity index (χ2n) is 16.1. The largest absolute Gasteiger partial charge is 0.481 e. The number of carbonyl (C=O) groups is 9. The van der Waals surface area contributed by atoms with Crippen LogP contribution in [0, 0.1) is 11.3 Å². The predicted octanol–water partition coefficient (Wildman–Crippen LogP) is 0.0189. The van der Waals surface area contributed by atoms with E-state index in [9.17, 15) is 63.6 Å². The van der Waals surface area contributed by atoms with Crippen molar-refractivity contribution in [3.8, 4) is 0 Å². The van der Waals surface area contributed by atoms with Crippen LogP contribution in [0.1, 0.15) is 67.8 Å². The Morgan fingerprint density at radius 2 is 1.31 bits per heavy atom. The number of imide groups is 1. The molecule has 0 radical (unpaired) electrons. The van der Waals surface area contributed by atoms with Gasteiger partial charge in [-0.15, -0.1) is 11.8 Å². The molecule has 0 saturated carbocycles. The molecule has 2 saturated heterocycles. The fourth-order valence-corrected chi connectivity index (χ4v) is 8.38. The summed E-state index contributed by atoms with van der Waals surface area (Å²) in [6.45, 7) is 2.51. The molecule has 2 aliphatic heterocycles. The van der Waals surface area contributed by atoms with E-state index in [4.69, 9.17) is 5.41 Å². The maximum atomic E-state index is 13.2. The van der Waals surface area contributed by atoms with E-state index in [0.29, 0.717) is 36.3 Å². The SMILES string of the molecule is CC(=N)CCCSC1CC(=O)N(CCCC[C@H](CC(=O)CNC(=O)c2cccc(CNC(=O)CN3CCN(CC(=O)O)CCN(CC(=O)O)CCN(CC(=O)O)CC3)c2)C(=O)O)C1=O. The van der Waals surface area contributed by atoms with Gasteiger partial charge >= 0.3 is 23.9 Å². The number of benzene rings is 1. The second-order valence-corrected chi connectivity index (χ2v) is 17.4. The Kier molecular flexibility index (Phi) is 23.0. The van der Waals surface area contributed by atoms with E-state index in [1.54, 1.807) is 38.7 Å². The van der Waals surface area contributed by atoms with Gasteiger partial charge < -0.3 is 36.5 Å². The van der Waals surface area contributed by atoms with Crippen LogP contribution in [0.5, 0.6) is 0 Å². The van der Waals surface area contributed by atoms with Gasteiger partial charge in [-0.2, -0.15) is 0 Å². The lowest BCUT2D eigenvalue weighted by molar-refractivity contribution is -0.144. The summed E-state index contributed by atoms with van der Waals surface area (Å²) in [6.07, 6.45) is 2.05. The third-order valence-electron chi connectivity index (χ3n) is 10.7. The standard InChI is InChI=1S/C42H62N8O13S/c1-29(43)6-5-19-64-34-22-36(53)50(41(34)61)10-3-2-8-32(42(62)63)21-33(51)24-45-40(60)31-9-4-7-30(20-31)23-44-35(52)25-46-11-13-47(26-37(54)55)15-17-49(28-39(58)59)18-16-48(14-12-46)27-38(56)57/h4,7,9,20,32,34,43H,2-3,5-6,8,10-19,21-28H2,1H3,(H,44,52)(H,45,60)(H,54,55)(H,56,57)(H,58,59)(H,62,63)/t32-,34?/m1/s1. The number of Topliss-reactive ketones (excluding diaryl/α,β-unsaturated/α-hetero) is 1. The number of carbonyl (C=O) groups excluding carboxylic acids is 5. The molecule has 0 aromatic heterocycles. The van der Waals surface area contributed by atoms with Crippen molar-refractivity contribution >= 4 is 70.8 Å². The van der Waals surface area contributed by atoms with E-state index in [2.05, 4.69) is 10.6 Å². The number of carboxylic acid groups (broad SMARTS) is 4. The second kappa shape index (κ2) is 27.8. The lowest BCUT2D eigenvalue weighted by Gasteiger charge is -2.32. The van der Waals surface area contributed by atoms with Gasteiger partial charge in [0.1, 0.15) is 0 Å². The summed E-state index contributed by atoms with van der Waals surface area (Å²) in [6, 6.07) is 6.34. The number of rotatable bonds is 26. The highest BCUT2D eigenvalue weighted by atomic mass is 32.2. The molecule has 4 amide bonds. The number of amides is 4. The van der Waals surface area contributed by atoms with Crippen LogP contribution < -0.4 is 10.6 Å². The minimum atomic E-state index is -1.17. The molecular weight excluding hydrogens is 857 g/mol. The molecule has 1 aromatic rings. The fourth-order valence-electron chi connectivity index (χ4n) is 7.25. The van der Waals surface area contributed by atoms with Crippen molar-refractivity contribution in [1.29, 1.82) is 5.41 Å². The van der Waals surface area contributed by atoms with E-state index >= 15 is 0 Å². The Morgan fingerprint density at radius 1 is 0.766 bits per heavy atom. The summed E-state index contributed by atoms with van der Waals surface area (Å²) >= 11 is 1.41. The average Bonchev–Trinajstić information content (AvgIpc) is 3.49. The van der Waals surface area contributed by atoms with Crippen LogP contribution in [-0.4, -0.2) is 207 Å². The van der Waals surface area contributed by atoms with Crippen LogP contribution in [0.2, 0.25) is 0 Å². The first-order valence-electron chi connectivity index (χ1n) is 21.3.